The van der Waals surface area contributed by atoms with Crippen molar-refractivity contribution in [2.45, 2.75) is 31.1 Å². The number of benzene rings is 2. The lowest BCUT2D eigenvalue weighted by atomic mass is 9.96. The van der Waals surface area contributed by atoms with Gasteiger partial charge in [-0.3, -0.25) is 0 Å². The van der Waals surface area contributed by atoms with Crippen molar-refractivity contribution >= 4 is 10.0 Å². The van der Waals surface area contributed by atoms with Crippen LogP contribution >= 0.6 is 0 Å². The molecule has 5 heteroatoms. The third kappa shape index (κ3) is 4.83. The summed E-state index contributed by atoms with van der Waals surface area (Å²) in [6.07, 6.45) is 3.46. The van der Waals surface area contributed by atoms with E-state index in [1.807, 2.05) is 54.6 Å². The molecule has 2 aromatic carbocycles. The van der Waals surface area contributed by atoms with E-state index in [1.165, 1.54) is 11.1 Å². The fourth-order valence-electron chi connectivity index (χ4n) is 3.09. The van der Waals surface area contributed by atoms with Gasteiger partial charge in [0.1, 0.15) is 5.75 Å². The Bertz CT molecular complexity index is 781. The number of hydrogen-bond acceptors (Lipinski definition) is 3. The second-order valence-corrected chi connectivity index (χ2v) is 8.66. The molecular weight excluding hydrogens is 334 g/mol. The van der Waals surface area contributed by atoms with Crippen molar-refractivity contribution < 1.29 is 13.2 Å². The van der Waals surface area contributed by atoms with Gasteiger partial charge in [0.25, 0.3) is 0 Å². The van der Waals surface area contributed by atoms with Gasteiger partial charge in [0.15, 0.2) is 0 Å². The average molecular weight is 359 g/mol. The third-order valence-electron chi connectivity index (χ3n) is 4.91. The lowest BCUT2D eigenvalue weighted by molar-refractivity contribution is 0.414. The number of aryl methyl sites for hydroxylation is 1. The number of ether oxygens (including phenoxy) is 1. The van der Waals surface area contributed by atoms with Crippen LogP contribution in [-0.2, 0) is 21.9 Å². The lowest BCUT2D eigenvalue weighted by Crippen LogP contribution is -2.34. The first-order valence-electron chi connectivity index (χ1n) is 8.69. The molecule has 1 fully saturated rings. The Morgan fingerprint density at radius 3 is 2.32 bits per heavy atom. The summed E-state index contributed by atoms with van der Waals surface area (Å²) in [5.74, 6) is 0.988. The highest BCUT2D eigenvalue weighted by Crippen LogP contribution is 2.48. The Kier molecular flexibility index (Phi) is 5.45. The van der Waals surface area contributed by atoms with Gasteiger partial charge in [-0.05, 0) is 48.9 Å². The molecule has 0 aliphatic heterocycles. The van der Waals surface area contributed by atoms with Gasteiger partial charge in [0.05, 0.1) is 12.9 Å². The van der Waals surface area contributed by atoms with Crippen LogP contribution in [0.3, 0.4) is 0 Å². The first kappa shape index (κ1) is 18.0. The molecule has 3 rings (SSSR count). The second-order valence-electron chi connectivity index (χ2n) is 6.74. The number of rotatable bonds is 9. The van der Waals surface area contributed by atoms with Crippen molar-refractivity contribution in [3.05, 3.63) is 65.7 Å². The molecule has 1 aliphatic carbocycles. The van der Waals surface area contributed by atoms with Crippen LogP contribution in [0.4, 0.5) is 0 Å². The molecule has 0 atom stereocenters. The van der Waals surface area contributed by atoms with Crippen molar-refractivity contribution in [3.63, 3.8) is 0 Å². The van der Waals surface area contributed by atoms with E-state index in [1.54, 1.807) is 7.11 Å². The van der Waals surface area contributed by atoms with Gasteiger partial charge in [-0.25, -0.2) is 13.1 Å². The zero-order valence-electron chi connectivity index (χ0n) is 14.6. The predicted octanol–water partition coefficient (Wildman–Crippen LogP) is 3.28. The normalized spacial score (nSPS) is 15.7. The summed E-state index contributed by atoms with van der Waals surface area (Å²) < 4.78 is 32.6. The summed E-state index contributed by atoms with van der Waals surface area (Å²) in [6.45, 7) is 0.479. The maximum absolute atomic E-state index is 12.3. The molecule has 0 amide bonds. The molecule has 0 bridgehead atoms. The highest BCUT2D eigenvalue weighted by Gasteiger charge is 2.44. The van der Waals surface area contributed by atoms with E-state index >= 15 is 0 Å². The zero-order valence-corrected chi connectivity index (χ0v) is 15.4. The van der Waals surface area contributed by atoms with Crippen LogP contribution in [0.15, 0.2) is 54.6 Å². The molecule has 0 spiro atoms. The van der Waals surface area contributed by atoms with E-state index in [0.717, 1.165) is 25.0 Å². The van der Waals surface area contributed by atoms with Gasteiger partial charge in [-0.1, -0.05) is 42.5 Å². The number of hydrogen-bond donors (Lipinski definition) is 1. The van der Waals surface area contributed by atoms with Gasteiger partial charge in [-0.2, -0.15) is 0 Å². The fraction of sp³-hybridized carbons (Fsp3) is 0.400. The topological polar surface area (TPSA) is 55.4 Å². The standard InChI is InChI=1S/C20H25NO3S/c1-24-19-11-9-18(10-12-19)20(13-14-20)16-21-25(22,23)15-5-8-17-6-3-2-4-7-17/h2-4,6-7,9-12,21H,5,8,13-16H2,1H3. The molecule has 0 saturated heterocycles. The average Bonchev–Trinajstić information content (AvgIpc) is 3.42. The van der Waals surface area contributed by atoms with Gasteiger partial charge in [0, 0.05) is 12.0 Å². The van der Waals surface area contributed by atoms with Crippen LogP contribution in [0.5, 0.6) is 5.75 Å². The summed E-state index contributed by atoms with van der Waals surface area (Å²) >= 11 is 0. The molecule has 4 nitrogen and oxygen atoms in total. The zero-order chi connectivity index (χ0) is 17.8. The number of nitrogens with one attached hydrogen (secondary N) is 1. The number of methoxy groups -OCH3 is 1. The van der Waals surface area contributed by atoms with E-state index in [4.69, 9.17) is 4.74 Å². The summed E-state index contributed by atoms with van der Waals surface area (Å²) in [5.41, 5.74) is 2.31. The molecule has 1 aliphatic rings. The summed E-state index contributed by atoms with van der Waals surface area (Å²) in [5, 5.41) is 0. The lowest BCUT2D eigenvalue weighted by Gasteiger charge is -2.17. The minimum Gasteiger partial charge on any atom is -0.497 e. The maximum atomic E-state index is 12.3. The Hall–Kier alpha value is -1.85. The Balaban J connectivity index is 1.51. The summed E-state index contributed by atoms with van der Waals surface area (Å²) in [6, 6.07) is 17.9. The van der Waals surface area contributed by atoms with Gasteiger partial charge >= 0.3 is 0 Å². The second kappa shape index (κ2) is 7.58. The SMILES string of the molecule is COc1ccc(C2(CNS(=O)(=O)CCCc3ccccc3)CC2)cc1. The summed E-state index contributed by atoms with van der Waals surface area (Å²) in [4.78, 5) is 0. The van der Waals surface area contributed by atoms with E-state index in [0.29, 0.717) is 13.0 Å². The van der Waals surface area contributed by atoms with E-state index < -0.39 is 10.0 Å². The van der Waals surface area contributed by atoms with Crippen molar-refractivity contribution in [1.82, 2.24) is 4.72 Å². The van der Waals surface area contributed by atoms with Crippen molar-refractivity contribution in [3.8, 4) is 5.75 Å². The predicted molar refractivity (Wildman–Crippen MR) is 100 cm³/mol. The number of sulfonamides is 1. The van der Waals surface area contributed by atoms with Crippen molar-refractivity contribution in [2.75, 3.05) is 19.4 Å². The molecular formula is C20H25NO3S. The minimum absolute atomic E-state index is 0.0429. The van der Waals surface area contributed by atoms with Crippen LogP contribution in [0.25, 0.3) is 0 Å². The van der Waals surface area contributed by atoms with Crippen LogP contribution < -0.4 is 9.46 Å². The van der Waals surface area contributed by atoms with Crippen LogP contribution in [0.1, 0.15) is 30.4 Å². The van der Waals surface area contributed by atoms with E-state index in [9.17, 15) is 8.42 Å². The van der Waals surface area contributed by atoms with Gasteiger partial charge in [0.2, 0.25) is 10.0 Å². The first-order chi connectivity index (χ1) is 12.0. The van der Waals surface area contributed by atoms with Crippen LogP contribution in [0.2, 0.25) is 0 Å². The molecule has 1 saturated carbocycles. The van der Waals surface area contributed by atoms with Crippen molar-refractivity contribution in [1.29, 1.82) is 0 Å². The third-order valence-corrected chi connectivity index (χ3v) is 6.32. The van der Waals surface area contributed by atoms with Gasteiger partial charge in [-0.15, -0.1) is 0 Å². The Labute approximate surface area is 150 Å². The molecule has 25 heavy (non-hydrogen) atoms. The smallest absolute Gasteiger partial charge is 0.211 e. The highest BCUT2D eigenvalue weighted by molar-refractivity contribution is 7.89. The van der Waals surface area contributed by atoms with Crippen LogP contribution in [-0.4, -0.2) is 27.8 Å². The molecule has 0 unspecified atom stereocenters. The fourth-order valence-corrected chi connectivity index (χ4v) is 4.26. The van der Waals surface area contributed by atoms with Gasteiger partial charge < -0.3 is 4.74 Å². The summed E-state index contributed by atoms with van der Waals surface area (Å²) in [7, 11) is -1.60. The first-order valence-corrected chi connectivity index (χ1v) is 10.3. The van der Waals surface area contributed by atoms with Crippen molar-refractivity contribution in [2.24, 2.45) is 0 Å². The monoisotopic (exact) mass is 359 g/mol. The molecule has 1 N–H and O–H groups in total. The molecule has 2 aromatic rings. The molecule has 0 radical (unpaired) electrons. The molecule has 0 heterocycles. The largest absolute Gasteiger partial charge is 0.497 e. The molecule has 134 valence electrons. The maximum Gasteiger partial charge on any atom is 0.211 e. The highest BCUT2D eigenvalue weighted by atomic mass is 32.2. The quantitative estimate of drug-likeness (QED) is 0.747. The minimum atomic E-state index is -3.24. The Morgan fingerprint density at radius 2 is 1.72 bits per heavy atom. The molecule has 0 aromatic heterocycles. The van der Waals surface area contributed by atoms with E-state index in [-0.39, 0.29) is 11.2 Å². The van der Waals surface area contributed by atoms with Crippen LogP contribution in [0, 0.1) is 0 Å². The Morgan fingerprint density at radius 1 is 1.04 bits per heavy atom. The van der Waals surface area contributed by atoms with E-state index in [2.05, 4.69) is 4.72 Å².